The lowest BCUT2D eigenvalue weighted by Crippen LogP contribution is -2.13. The molecule has 0 atom stereocenters. The number of hydrogen-bond acceptors (Lipinski definition) is 0. The Balaban J connectivity index is 1.81. The van der Waals surface area contributed by atoms with Crippen molar-refractivity contribution in [1.82, 2.24) is 0 Å². The molecular weight excluding hydrogens is 360 g/mol. The largest absolute Gasteiger partial charge is 0.0619 e. The summed E-state index contributed by atoms with van der Waals surface area (Å²) in [6, 6.07) is 32.1. The monoisotopic (exact) mass is 388 g/mol. The van der Waals surface area contributed by atoms with Gasteiger partial charge in [-0.1, -0.05) is 107 Å². The van der Waals surface area contributed by atoms with E-state index in [9.17, 15) is 0 Å². The molecule has 30 heavy (non-hydrogen) atoms. The van der Waals surface area contributed by atoms with E-state index in [1.165, 1.54) is 55.6 Å². The van der Waals surface area contributed by atoms with Gasteiger partial charge in [0.25, 0.3) is 0 Å². The van der Waals surface area contributed by atoms with Crippen LogP contribution in [0.25, 0.3) is 11.1 Å². The van der Waals surface area contributed by atoms with Gasteiger partial charge in [-0.2, -0.15) is 0 Å². The van der Waals surface area contributed by atoms with Gasteiger partial charge < -0.3 is 0 Å². The minimum absolute atomic E-state index is 0.284. The Morgan fingerprint density at radius 2 is 0.867 bits per heavy atom. The van der Waals surface area contributed by atoms with Gasteiger partial charge in [0.1, 0.15) is 0 Å². The second-order valence-electron chi connectivity index (χ2n) is 8.97. The molecule has 0 fully saturated rings. The van der Waals surface area contributed by atoms with Crippen molar-refractivity contribution >= 4 is 0 Å². The average molecular weight is 389 g/mol. The van der Waals surface area contributed by atoms with Crippen molar-refractivity contribution in [1.29, 1.82) is 0 Å². The van der Waals surface area contributed by atoms with Gasteiger partial charge >= 0.3 is 0 Å². The smallest absolute Gasteiger partial charge is 0.0211 e. The Morgan fingerprint density at radius 1 is 0.500 bits per heavy atom. The summed E-state index contributed by atoms with van der Waals surface area (Å²) >= 11 is 0. The lowest BCUT2D eigenvalue weighted by molar-refractivity contribution is 0.706. The van der Waals surface area contributed by atoms with Crippen LogP contribution in [0.15, 0.2) is 84.9 Å². The first-order valence-corrected chi connectivity index (χ1v) is 10.9. The molecule has 0 heteroatoms. The number of benzene rings is 4. The third-order valence-corrected chi connectivity index (χ3v) is 6.42. The van der Waals surface area contributed by atoms with Crippen molar-refractivity contribution < 1.29 is 0 Å². The lowest BCUT2D eigenvalue weighted by Gasteiger charge is -2.28. The molecule has 0 saturated carbocycles. The van der Waals surface area contributed by atoms with Crippen molar-refractivity contribution in [3.05, 3.63) is 129 Å². The van der Waals surface area contributed by atoms with Crippen molar-refractivity contribution in [2.75, 3.05) is 0 Å². The predicted octanol–water partition coefficient (Wildman–Crippen LogP) is 7.86. The summed E-state index contributed by atoms with van der Waals surface area (Å²) in [5.41, 5.74) is 13.8. The maximum absolute atomic E-state index is 2.39. The van der Waals surface area contributed by atoms with Crippen LogP contribution in [0, 0.1) is 27.7 Å². The number of aryl methyl sites for hydroxylation is 4. The van der Waals surface area contributed by atoms with Crippen LogP contribution in [0.5, 0.6) is 0 Å². The Bertz CT molecular complexity index is 1110. The van der Waals surface area contributed by atoms with Crippen LogP contribution in [0.3, 0.4) is 0 Å². The third-order valence-electron chi connectivity index (χ3n) is 6.42. The molecule has 0 saturated heterocycles. The summed E-state index contributed by atoms with van der Waals surface area (Å²) in [4.78, 5) is 0. The Labute approximate surface area is 180 Å². The average Bonchev–Trinajstić information content (AvgIpc) is 3.02. The Morgan fingerprint density at radius 3 is 1.27 bits per heavy atom. The maximum Gasteiger partial charge on any atom is 0.0211 e. The topological polar surface area (TPSA) is 0 Å². The van der Waals surface area contributed by atoms with Gasteiger partial charge in [-0.05, 0) is 61.1 Å². The van der Waals surface area contributed by atoms with Crippen molar-refractivity contribution in [3.8, 4) is 11.1 Å². The molecule has 1 aliphatic carbocycles. The Kier molecular flexibility index (Phi) is 4.59. The molecule has 4 aromatic carbocycles. The van der Waals surface area contributed by atoms with E-state index in [1.54, 1.807) is 0 Å². The van der Waals surface area contributed by atoms with Crippen LogP contribution in [0.4, 0.5) is 0 Å². The van der Waals surface area contributed by atoms with Gasteiger partial charge in [-0.15, -0.1) is 0 Å². The van der Waals surface area contributed by atoms with E-state index in [2.05, 4.69) is 113 Å². The highest BCUT2D eigenvalue weighted by Crippen LogP contribution is 2.53. The molecule has 1 aliphatic rings. The van der Waals surface area contributed by atoms with Gasteiger partial charge in [0.2, 0.25) is 0 Å². The van der Waals surface area contributed by atoms with Gasteiger partial charge in [0, 0.05) is 11.8 Å². The van der Waals surface area contributed by atoms with Crippen LogP contribution in [-0.2, 0) is 0 Å². The van der Waals surface area contributed by atoms with Gasteiger partial charge in [0.05, 0.1) is 0 Å². The molecule has 5 rings (SSSR count). The second kappa shape index (κ2) is 7.29. The molecule has 0 nitrogen and oxygen atoms in total. The number of fused-ring (bicyclic) bond motifs is 3. The van der Waals surface area contributed by atoms with E-state index in [0.717, 1.165) is 0 Å². The molecular formula is C30H28. The van der Waals surface area contributed by atoms with Crippen LogP contribution in [-0.4, -0.2) is 0 Å². The number of hydrogen-bond donors (Lipinski definition) is 0. The summed E-state index contributed by atoms with van der Waals surface area (Å²) in [5.74, 6) is 0.604. The van der Waals surface area contributed by atoms with E-state index >= 15 is 0 Å². The van der Waals surface area contributed by atoms with Crippen molar-refractivity contribution in [2.45, 2.75) is 39.5 Å². The summed E-state index contributed by atoms with van der Waals surface area (Å²) in [5, 5.41) is 0. The maximum atomic E-state index is 2.39. The van der Waals surface area contributed by atoms with E-state index in [0.29, 0.717) is 5.92 Å². The minimum atomic E-state index is 0.284. The minimum Gasteiger partial charge on any atom is -0.0619 e. The fourth-order valence-electron chi connectivity index (χ4n) is 5.51. The van der Waals surface area contributed by atoms with Crippen LogP contribution >= 0.6 is 0 Å². The summed E-state index contributed by atoms with van der Waals surface area (Å²) in [7, 11) is 0. The summed E-state index contributed by atoms with van der Waals surface area (Å²) in [6.45, 7) is 8.86. The van der Waals surface area contributed by atoms with E-state index in [1.807, 2.05) is 0 Å². The van der Waals surface area contributed by atoms with Gasteiger partial charge in [-0.25, -0.2) is 0 Å². The fraction of sp³-hybridized carbons (Fsp3) is 0.200. The zero-order chi connectivity index (χ0) is 20.8. The van der Waals surface area contributed by atoms with Crippen molar-refractivity contribution in [2.24, 2.45) is 0 Å². The second-order valence-corrected chi connectivity index (χ2v) is 8.97. The van der Waals surface area contributed by atoms with E-state index in [-0.39, 0.29) is 5.92 Å². The highest BCUT2D eigenvalue weighted by molar-refractivity contribution is 5.80. The summed E-state index contributed by atoms with van der Waals surface area (Å²) < 4.78 is 0. The molecule has 0 spiro atoms. The molecule has 0 unspecified atom stereocenters. The molecule has 0 N–H and O–H groups in total. The quantitative estimate of drug-likeness (QED) is 0.335. The highest BCUT2D eigenvalue weighted by atomic mass is 14.4. The van der Waals surface area contributed by atoms with E-state index in [4.69, 9.17) is 0 Å². The molecule has 4 aromatic rings. The zero-order valence-electron chi connectivity index (χ0n) is 18.2. The fourth-order valence-corrected chi connectivity index (χ4v) is 5.51. The molecule has 0 aliphatic heterocycles. The molecule has 0 bridgehead atoms. The van der Waals surface area contributed by atoms with E-state index < -0.39 is 0 Å². The highest BCUT2D eigenvalue weighted by Gasteiger charge is 2.36. The molecule has 148 valence electrons. The standard InChI is InChI=1S/C30H28/c1-19-13-20(2)16-23(15-19)29(24-17-21(3)14-22(4)18-24)30-27-11-7-5-9-25(27)26-10-6-8-12-28(26)30/h5-18,29-30H,1-4H3. The molecule has 0 aromatic heterocycles. The first kappa shape index (κ1) is 18.9. The zero-order valence-corrected chi connectivity index (χ0v) is 18.2. The van der Waals surface area contributed by atoms with Gasteiger partial charge in [0.15, 0.2) is 0 Å². The molecule has 0 radical (unpaired) electrons. The third kappa shape index (κ3) is 3.17. The van der Waals surface area contributed by atoms with Crippen LogP contribution in [0.2, 0.25) is 0 Å². The van der Waals surface area contributed by atoms with Crippen LogP contribution < -0.4 is 0 Å². The first-order chi connectivity index (χ1) is 14.5. The SMILES string of the molecule is Cc1cc(C)cc(C(c2cc(C)cc(C)c2)C2c3ccccc3-c3ccccc32)c1. The summed E-state index contributed by atoms with van der Waals surface area (Å²) in [6.07, 6.45) is 0. The Hall–Kier alpha value is -3.12. The number of rotatable bonds is 3. The molecule has 0 amide bonds. The lowest BCUT2D eigenvalue weighted by atomic mass is 9.75. The first-order valence-electron chi connectivity index (χ1n) is 10.9. The van der Waals surface area contributed by atoms with Gasteiger partial charge in [-0.3, -0.25) is 0 Å². The normalized spacial score (nSPS) is 12.8. The predicted molar refractivity (Wildman–Crippen MR) is 127 cm³/mol. The van der Waals surface area contributed by atoms with Crippen LogP contribution in [0.1, 0.15) is 56.3 Å². The molecule has 0 heterocycles. The van der Waals surface area contributed by atoms with Crippen molar-refractivity contribution in [3.63, 3.8) is 0 Å².